The Morgan fingerprint density at radius 3 is 1.83 bits per heavy atom. The van der Waals surface area contributed by atoms with Crippen LogP contribution in [0.1, 0.15) is 0 Å². The molecular formula is C5H10BrNO4S. The number of carbonyl (C=O) groups is 2. The van der Waals surface area contributed by atoms with Crippen LogP contribution in [0.15, 0.2) is 0 Å². The number of carboxylic acid groups (broad SMARTS) is 2. The fourth-order valence-electron chi connectivity index (χ4n) is 0.0781. The van der Waals surface area contributed by atoms with E-state index in [0.29, 0.717) is 0 Å². The van der Waals surface area contributed by atoms with Gasteiger partial charge in [-0.2, -0.15) is 12.6 Å². The van der Waals surface area contributed by atoms with Gasteiger partial charge in [0.25, 0.3) is 0 Å². The lowest BCUT2D eigenvalue weighted by atomic mass is 10.4. The summed E-state index contributed by atoms with van der Waals surface area (Å²) in [5, 5.41) is 15.7. The summed E-state index contributed by atoms with van der Waals surface area (Å²) in [6, 6.07) is -0.816. The van der Waals surface area contributed by atoms with Gasteiger partial charge >= 0.3 is 11.9 Å². The molecule has 0 fully saturated rings. The molecule has 0 bridgehead atoms. The van der Waals surface area contributed by atoms with Crippen molar-refractivity contribution in [3.8, 4) is 0 Å². The number of carboxylic acids is 2. The second-order valence-electron chi connectivity index (χ2n) is 1.65. The lowest BCUT2D eigenvalue weighted by Gasteiger charge is -1.96. The summed E-state index contributed by atoms with van der Waals surface area (Å²) >= 11 is 6.36. The maximum Gasteiger partial charge on any atom is 0.321 e. The van der Waals surface area contributed by atoms with Crippen LogP contribution in [0.3, 0.4) is 0 Å². The normalized spacial score (nSPS) is 10.9. The molecule has 0 aliphatic carbocycles. The van der Waals surface area contributed by atoms with Crippen LogP contribution in [0.25, 0.3) is 0 Å². The van der Waals surface area contributed by atoms with Gasteiger partial charge < -0.3 is 15.9 Å². The first kappa shape index (κ1) is 14.3. The molecule has 0 amide bonds. The third-order valence-electron chi connectivity index (χ3n) is 0.628. The van der Waals surface area contributed by atoms with Crippen LogP contribution in [0.4, 0.5) is 0 Å². The molecule has 4 N–H and O–H groups in total. The quantitative estimate of drug-likeness (QED) is 0.415. The minimum Gasteiger partial charge on any atom is -0.481 e. The highest BCUT2D eigenvalue weighted by atomic mass is 79.9. The number of aliphatic carboxylic acids is 2. The van der Waals surface area contributed by atoms with Crippen LogP contribution in [0, 0.1) is 0 Å². The number of hydrogen-bond donors (Lipinski definition) is 4. The molecule has 0 heterocycles. The van der Waals surface area contributed by atoms with Crippen molar-refractivity contribution in [2.75, 3.05) is 11.1 Å². The van der Waals surface area contributed by atoms with Crippen molar-refractivity contribution in [3.63, 3.8) is 0 Å². The van der Waals surface area contributed by atoms with Crippen molar-refractivity contribution in [1.29, 1.82) is 0 Å². The number of alkyl halides is 1. The van der Waals surface area contributed by atoms with Gasteiger partial charge in [-0.15, -0.1) is 0 Å². The number of hydrogen-bond acceptors (Lipinski definition) is 4. The van der Waals surface area contributed by atoms with Gasteiger partial charge in [-0.1, -0.05) is 15.9 Å². The number of thiol groups is 1. The highest BCUT2D eigenvalue weighted by molar-refractivity contribution is 9.09. The molecule has 0 saturated heterocycles. The summed E-state index contributed by atoms with van der Waals surface area (Å²) in [6.07, 6.45) is 0. The fraction of sp³-hybridized carbons (Fsp3) is 0.600. The highest BCUT2D eigenvalue weighted by Gasteiger charge is 2.06. The molecule has 0 aromatic rings. The molecule has 1 atom stereocenters. The van der Waals surface area contributed by atoms with Gasteiger partial charge in [0.05, 0.1) is 0 Å². The molecular weight excluding hydrogens is 250 g/mol. The second-order valence-corrected chi connectivity index (χ2v) is 2.58. The van der Waals surface area contributed by atoms with Crippen molar-refractivity contribution < 1.29 is 19.8 Å². The third kappa shape index (κ3) is 12.4. The summed E-state index contributed by atoms with van der Waals surface area (Å²) < 4.78 is 0. The smallest absolute Gasteiger partial charge is 0.321 e. The van der Waals surface area contributed by atoms with Crippen molar-refractivity contribution in [2.45, 2.75) is 6.04 Å². The average molecular weight is 260 g/mol. The molecule has 0 rings (SSSR count). The third-order valence-corrected chi connectivity index (χ3v) is 1.50. The molecule has 0 aromatic carbocycles. The van der Waals surface area contributed by atoms with E-state index in [9.17, 15) is 9.59 Å². The van der Waals surface area contributed by atoms with E-state index in [0.717, 1.165) is 0 Å². The lowest BCUT2D eigenvalue weighted by molar-refractivity contribution is -0.138. The molecule has 0 aliphatic rings. The zero-order valence-electron chi connectivity index (χ0n) is 6.11. The van der Waals surface area contributed by atoms with Gasteiger partial charge in [0, 0.05) is 5.75 Å². The molecule has 0 radical (unpaired) electrons. The van der Waals surface area contributed by atoms with Gasteiger partial charge in [0.1, 0.15) is 11.4 Å². The topological polar surface area (TPSA) is 101 Å². The maximum absolute atomic E-state index is 9.76. The Morgan fingerprint density at radius 2 is 1.83 bits per heavy atom. The van der Waals surface area contributed by atoms with Gasteiger partial charge in [-0.3, -0.25) is 9.59 Å². The first-order valence-electron chi connectivity index (χ1n) is 2.82. The monoisotopic (exact) mass is 259 g/mol. The van der Waals surface area contributed by atoms with E-state index in [-0.39, 0.29) is 11.1 Å². The van der Waals surface area contributed by atoms with E-state index in [1.807, 2.05) is 0 Å². The van der Waals surface area contributed by atoms with Gasteiger partial charge in [-0.05, 0) is 0 Å². The Bertz CT molecular complexity index is 154. The molecule has 0 saturated carbocycles. The van der Waals surface area contributed by atoms with E-state index in [1.54, 1.807) is 0 Å². The summed E-state index contributed by atoms with van der Waals surface area (Å²) in [4.78, 5) is 19.1. The lowest BCUT2D eigenvalue weighted by Crippen LogP contribution is -2.31. The Hall–Kier alpha value is -0.270. The summed E-state index contributed by atoms with van der Waals surface area (Å²) in [6.45, 7) is 0. The average Bonchev–Trinajstić information content (AvgIpc) is 2.04. The van der Waals surface area contributed by atoms with E-state index in [2.05, 4.69) is 28.6 Å². The van der Waals surface area contributed by atoms with Crippen LogP contribution in [-0.2, 0) is 9.59 Å². The van der Waals surface area contributed by atoms with E-state index in [4.69, 9.17) is 15.9 Å². The minimum atomic E-state index is -1.00. The first-order chi connectivity index (χ1) is 5.45. The van der Waals surface area contributed by atoms with Crippen molar-refractivity contribution >= 4 is 40.5 Å². The fourth-order valence-corrected chi connectivity index (χ4v) is 0.234. The van der Waals surface area contributed by atoms with Crippen molar-refractivity contribution in [1.82, 2.24) is 0 Å². The van der Waals surface area contributed by atoms with Gasteiger partial charge in [-0.25, -0.2) is 0 Å². The molecule has 5 nitrogen and oxygen atoms in total. The van der Waals surface area contributed by atoms with Crippen molar-refractivity contribution in [3.05, 3.63) is 0 Å². The molecule has 0 unspecified atom stereocenters. The molecule has 0 spiro atoms. The van der Waals surface area contributed by atoms with Gasteiger partial charge in [0.2, 0.25) is 0 Å². The number of halogens is 1. The van der Waals surface area contributed by atoms with E-state index >= 15 is 0 Å². The highest BCUT2D eigenvalue weighted by Crippen LogP contribution is 1.80. The Labute approximate surface area is 83.5 Å². The number of rotatable bonds is 3. The predicted molar refractivity (Wildman–Crippen MR) is 50.9 cm³/mol. The van der Waals surface area contributed by atoms with Crippen LogP contribution in [0.5, 0.6) is 0 Å². The van der Waals surface area contributed by atoms with Crippen molar-refractivity contribution in [2.24, 2.45) is 5.73 Å². The standard InChI is InChI=1S/C3H7NO2S.C2H3BrO2/c4-2(1-7)3(5)6;3-1-2(4)5/h2,7H,1,4H2,(H,5,6);1H2,(H,4,5)/t2-;/m0./s1. The molecule has 7 heteroatoms. The van der Waals surface area contributed by atoms with Crippen LogP contribution in [0.2, 0.25) is 0 Å². The summed E-state index contributed by atoms with van der Waals surface area (Å²) in [5.74, 6) is -1.64. The van der Waals surface area contributed by atoms with Crippen LogP contribution >= 0.6 is 28.6 Å². The zero-order valence-corrected chi connectivity index (χ0v) is 8.59. The minimum absolute atomic E-state index is 0.0347. The zero-order chi connectivity index (χ0) is 10.1. The van der Waals surface area contributed by atoms with Gasteiger partial charge in [0.15, 0.2) is 0 Å². The van der Waals surface area contributed by atoms with E-state index < -0.39 is 18.0 Å². The van der Waals surface area contributed by atoms with Crippen LogP contribution < -0.4 is 5.73 Å². The molecule has 0 aromatic heterocycles. The number of nitrogens with two attached hydrogens (primary N) is 1. The molecule has 72 valence electrons. The Balaban J connectivity index is 0. The summed E-state index contributed by atoms with van der Waals surface area (Å²) in [7, 11) is 0. The molecule has 0 aliphatic heterocycles. The van der Waals surface area contributed by atoms with Crippen LogP contribution in [-0.4, -0.2) is 39.3 Å². The molecule has 12 heavy (non-hydrogen) atoms. The Kier molecular flexibility index (Phi) is 10.5. The SMILES string of the molecule is N[C@@H](CS)C(=O)O.O=C(O)CBr. The summed E-state index contributed by atoms with van der Waals surface area (Å²) in [5.41, 5.74) is 4.94. The maximum atomic E-state index is 9.76. The largest absolute Gasteiger partial charge is 0.481 e. The predicted octanol–water partition coefficient (Wildman–Crippen LogP) is -0.206. The second kappa shape index (κ2) is 8.82. The Morgan fingerprint density at radius 1 is 1.50 bits per heavy atom. The first-order valence-corrected chi connectivity index (χ1v) is 4.58. The van der Waals surface area contributed by atoms with E-state index in [1.165, 1.54) is 0 Å².